The molecule has 0 radical (unpaired) electrons. The number of carbonyl (C=O) groups is 1. The van der Waals surface area contributed by atoms with Crippen molar-refractivity contribution in [2.24, 2.45) is 17.8 Å². The molecule has 2 aliphatic rings. The smallest absolute Gasteiger partial charge is 0.309 e. The van der Waals surface area contributed by atoms with Crippen LogP contribution in [0.1, 0.15) is 55.6 Å². The van der Waals surface area contributed by atoms with Gasteiger partial charge in [0.05, 0.1) is 26.7 Å². The third-order valence-corrected chi connectivity index (χ3v) is 6.77. The van der Waals surface area contributed by atoms with E-state index in [1.54, 1.807) is 7.11 Å². The van der Waals surface area contributed by atoms with Crippen molar-refractivity contribution in [1.82, 2.24) is 0 Å². The van der Waals surface area contributed by atoms with Crippen LogP contribution in [0.3, 0.4) is 0 Å². The predicted octanol–water partition coefficient (Wildman–Crippen LogP) is 5.57. The number of methoxy groups -OCH3 is 2. The summed E-state index contributed by atoms with van der Waals surface area (Å²) in [6.07, 6.45) is 4.67. The van der Waals surface area contributed by atoms with Crippen LogP contribution in [0.5, 0.6) is 11.5 Å². The molecular weight excluding hydrogens is 376 g/mol. The molecule has 0 amide bonds. The molecule has 2 unspecified atom stereocenters. The first kappa shape index (κ1) is 20.8. The Labute approximate surface area is 179 Å². The van der Waals surface area contributed by atoms with Crippen molar-refractivity contribution in [2.75, 3.05) is 20.8 Å². The van der Waals surface area contributed by atoms with Gasteiger partial charge in [0.15, 0.2) is 0 Å². The Hall–Kier alpha value is -2.49. The van der Waals surface area contributed by atoms with E-state index in [4.69, 9.17) is 14.2 Å². The van der Waals surface area contributed by atoms with Gasteiger partial charge in [0, 0.05) is 0 Å². The lowest BCUT2D eigenvalue weighted by Gasteiger charge is -2.35. The van der Waals surface area contributed by atoms with Crippen LogP contribution in [0, 0.1) is 17.8 Å². The van der Waals surface area contributed by atoms with E-state index in [2.05, 4.69) is 30.3 Å². The standard InChI is InChI=1S/C26H32O4/c1-17(26(27)29-3)25(19-10-11-19)21-7-5-9-24(15-21)30-16-18-12-22(13-18)20-6-4-8-23(14-20)28-2/h4-9,14-15,17-19,22,25H,10-13,16H2,1-3H3. The molecule has 0 aliphatic heterocycles. The van der Waals surface area contributed by atoms with Gasteiger partial charge in [-0.1, -0.05) is 31.2 Å². The van der Waals surface area contributed by atoms with Crippen molar-refractivity contribution in [3.63, 3.8) is 0 Å². The Morgan fingerprint density at radius 3 is 2.47 bits per heavy atom. The Balaban J connectivity index is 1.33. The SMILES string of the molecule is COC(=O)C(C)C(c1cccc(OCC2CC(c3cccc(OC)c3)C2)c1)C1CC1. The van der Waals surface area contributed by atoms with E-state index in [0.29, 0.717) is 17.8 Å². The van der Waals surface area contributed by atoms with Gasteiger partial charge in [-0.15, -0.1) is 0 Å². The predicted molar refractivity (Wildman–Crippen MR) is 117 cm³/mol. The van der Waals surface area contributed by atoms with Gasteiger partial charge in [0.1, 0.15) is 11.5 Å². The molecule has 0 aromatic heterocycles. The molecular formula is C26H32O4. The third-order valence-electron chi connectivity index (χ3n) is 6.77. The monoisotopic (exact) mass is 408 g/mol. The largest absolute Gasteiger partial charge is 0.497 e. The minimum Gasteiger partial charge on any atom is -0.497 e. The van der Waals surface area contributed by atoms with Crippen molar-refractivity contribution in [1.29, 1.82) is 0 Å². The minimum atomic E-state index is -0.131. The van der Waals surface area contributed by atoms with Crippen molar-refractivity contribution < 1.29 is 19.0 Å². The Morgan fingerprint density at radius 1 is 1.03 bits per heavy atom. The van der Waals surface area contributed by atoms with Crippen molar-refractivity contribution in [3.8, 4) is 11.5 Å². The number of benzene rings is 2. The van der Waals surface area contributed by atoms with Gasteiger partial charge in [0.2, 0.25) is 0 Å². The molecule has 4 rings (SSSR count). The lowest BCUT2D eigenvalue weighted by atomic mass is 9.72. The van der Waals surface area contributed by atoms with Gasteiger partial charge in [-0.25, -0.2) is 0 Å². The van der Waals surface area contributed by atoms with E-state index in [0.717, 1.165) is 30.9 Å². The highest BCUT2D eigenvalue weighted by Crippen LogP contribution is 2.47. The van der Waals surface area contributed by atoms with Crippen molar-refractivity contribution >= 4 is 5.97 Å². The first-order valence-corrected chi connectivity index (χ1v) is 11.0. The summed E-state index contributed by atoms with van der Waals surface area (Å²) in [6.45, 7) is 2.72. The summed E-state index contributed by atoms with van der Waals surface area (Å²) in [4.78, 5) is 12.1. The number of ether oxygens (including phenoxy) is 3. The van der Waals surface area contributed by atoms with Crippen LogP contribution < -0.4 is 9.47 Å². The summed E-state index contributed by atoms with van der Waals surface area (Å²) >= 11 is 0. The van der Waals surface area contributed by atoms with E-state index in [1.165, 1.54) is 31.1 Å². The third kappa shape index (κ3) is 4.63. The van der Waals surface area contributed by atoms with Crippen LogP contribution in [0.15, 0.2) is 48.5 Å². The average molecular weight is 409 g/mol. The summed E-state index contributed by atoms with van der Waals surface area (Å²) in [5, 5.41) is 0. The molecule has 2 fully saturated rings. The van der Waals surface area contributed by atoms with Gasteiger partial charge in [-0.2, -0.15) is 0 Å². The summed E-state index contributed by atoms with van der Waals surface area (Å²) in [5.41, 5.74) is 2.55. The Bertz CT molecular complexity index is 867. The fourth-order valence-corrected chi connectivity index (χ4v) is 4.82. The van der Waals surface area contributed by atoms with Crippen molar-refractivity contribution in [2.45, 2.75) is 44.4 Å². The fourth-order valence-electron chi connectivity index (χ4n) is 4.82. The molecule has 160 valence electrons. The van der Waals surface area contributed by atoms with Gasteiger partial charge in [-0.3, -0.25) is 4.79 Å². The lowest BCUT2D eigenvalue weighted by Crippen LogP contribution is -2.27. The van der Waals surface area contributed by atoms with Gasteiger partial charge >= 0.3 is 5.97 Å². The molecule has 0 bridgehead atoms. The molecule has 2 aromatic rings. The van der Waals surface area contributed by atoms with E-state index >= 15 is 0 Å². The fraction of sp³-hybridized carbons (Fsp3) is 0.500. The molecule has 0 saturated heterocycles. The van der Waals surface area contributed by atoms with Gasteiger partial charge in [-0.05, 0) is 84.7 Å². The maximum absolute atomic E-state index is 12.1. The Kier molecular flexibility index (Phi) is 6.31. The highest BCUT2D eigenvalue weighted by molar-refractivity contribution is 5.73. The number of hydrogen-bond donors (Lipinski definition) is 0. The molecule has 2 aromatic carbocycles. The zero-order chi connectivity index (χ0) is 21.1. The van der Waals surface area contributed by atoms with E-state index in [-0.39, 0.29) is 17.8 Å². The number of esters is 1. The molecule has 0 spiro atoms. The van der Waals surface area contributed by atoms with Crippen LogP contribution in [0.2, 0.25) is 0 Å². The molecule has 2 aliphatic carbocycles. The lowest BCUT2D eigenvalue weighted by molar-refractivity contribution is -0.145. The highest BCUT2D eigenvalue weighted by atomic mass is 16.5. The van der Waals surface area contributed by atoms with Crippen LogP contribution in [0.25, 0.3) is 0 Å². The topological polar surface area (TPSA) is 44.8 Å². The molecule has 2 atom stereocenters. The molecule has 4 heteroatoms. The quantitative estimate of drug-likeness (QED) is 0.509. The summed E-state index contributed by atoms with van der Waals surface area (Å²) in [6, 6.07) is 16.7. The second kappa shape index (κ2) is 9.11. The Morgan fingerprint density at radius 2 is 1.77 bits per heavy atom. The first-order valence-electron chi connectivity index (χ1n) is 11.0. The molecule has 2 saturated carbocycles. The zero-order valence-corrected chi connectivity index (χ0v) is 18.2. The summed E-state index contributed by atoms with van der Waals surface area (Å²) in [5.74, 6) is 3.53. The van der Waals surface area contributed by atoms with Gasteiger partial charge < -0.3 is 14.2 Å². The molecule has 0 heterocycles. The maximum atomic E-state index is 12.1. The van der Waals surface area contributed by atoms with E-state index in [9.17, 15) is 4.79 Å². The second-order valence-electron chi connectivity index (χ2n) is 8.87. The van der Waals surface area contributed by atoms with Crippen LogP contribution in [-0.4, -0.2) is 26.8 Å². The molecule has 0 N–H and O–H groups in total. The number of carbonyl (C=O) groups excluding carboxylic acids is 1. The second-order valence-corrected chi connectivity index (χ2v) is 8.87. The summed E-state index contributed by atoms with van der Waals surface area (Å²) in [7, 11) is 3.18. The van der Waals surface area contributed by atoms with Crippen LogP contribution in [0.4, 0.5) is 0 Å². The van der Waals surface area contributed by atoms with Crippen LogP contribution >= 0.6 is 0 Å². The minimum absolute atomic E-state index is 0.128. The van der Waals surface area contributed by atoms with Crippen molar-refractivity contribution in [3.05, 3.63) is 59.7 Å². The average Bonchev–Trinajstić information content (AvgIpc) is 3.57. The number of hydrogen-bond acceptors (Lipinski definition) is 4. The summed E-state index contributed by atoms with van der Waals surface area (Å²) < 4.78 is 16.5. The molecule has 30 heavy (non-hydrogen) atoms. The maximum Gasteiger partial charge on any atom is 0.309 e. The zero-order valence-electron chi connectivity index (χ0n) is 18.2. The number of rotatable bonds is 9. The van der Waals surface area contributed by atoms with Gasteiger partial charge in [0.25, 0.3) is 0 Å². The highest BCUT2D eigenvalue weighted by Gasteiger charge is 2.39. The molecule has 4 nitrogen and oxygen atoms in total. The first-order chi connectivity index (χ1) is 14.6. The normalized spacial score (nSPS) is 22.5. The van der Waals surface area contributed by atoms with E-state index < -0.39 is 0 Å². The van der Waals surface area contributed by atoms with Crippen LogP contribution in [-0.2, 0) is 9.53 Å². The van der Waals surface area contributed by atoms with E-state index in [1.807, 2.05) is 25.1 Å².